The molecule has 0 bridgehead atoms. The van der Waals surface area contributed by atoms with E-state index in [-0.39, 0.29) is 10.8 Å². The van der Waals surface area contributed by atoms with Crippen LogP contribution in [-0.4, -0.2) is 0 Å². The van der Waals surface area contributed by atoms with Gasteiger partial charge in [0.1, 0.15) is 0 Å². The van der Waals surface area contributed by atoms with Crippen molar-refractivity contribution in [3.63, 3.8) is 0 Å². The lowest BCUT2D eigenvalue weighted by atomic mass is 9.61. The van der Waals surface area contributed by atoms with Crippen molar-refractivity contribution in [2.45, 2.75) is 67.6 Å². The first-order valence-electron chi connectivity index (χ1n) is 12.3. The first-order chi connectivity index (χ1) is 16.5. The van der Waals surface area contributed by atoms with Crippen LogP contribution in [-0.2, 0) is 16.2 Å². The van der Waals surface area contributed by atoms with Crippen LogP contribution in [0.4, 0.5) is 0 Å². The largest absolute Gasteiger partial charge is 0.143 e. The van der Waals surface area contributed by atoms with Gasteiger partial charge >= 0.3 is 0 Å². The Morgan fingerprint density at radius 3 is 1.23 bits per heavy atom. The fourth-order valence-corrected chi connectivity index (χ4v) is 6.33. The summed E-state index contributed by atoms with van der Waals surface area (Å²) in [5, 5.41) is 0. The normalized spacial score (nSPS) is 14.5. The number of hydrogen-bond donors (Lipinski definition) is 2. The summed E-state index contributed by atoms with van der Waals surface area (Å²) in [6.07, 6.45) is 0. The minimum Gasteiger partial charge on any atom is -0.143 e. The molecule has 5 rings (SSSR count). The molecule has 0 N–H and O–H groups in total. The van der Waals surface area contributed by atoms with E-state index in [2.05, 4.69) is 126 Å². The van der Waals surface area contributed by atoms with Crippen molar-refractivity contribution < 1.29 is 0 Å². The zero-order chi connectivity index (χ0) is 25.2. The van der Waals surface area contributed by atoms with E-state index < -0.39 is 5.41 Å². The smallest absolute Gasteiger partial charge is 0.0719 e. The molecule has 0 spiro atoms. The third kappa shape index (κ3) is 3.77. The molecule has 0 radical (unpaired) electrons. The molecule has 4 aromatic rings. The van der Waals surface area contributed by atoms with E-state index in [4.69, 9.17) is 25.3 Å². The molecule has 0 fully saturated rings. The molecular formula is C33H34S2. The predicted molar refractivity (Wildman–Crippen MR) is 156 cm³/mol. The van der Waals surface area contributed by atoms with Crippen LogP contribution in [0, 0.1) is 0 Å². The fraction of sp³-hybridized carbons (Fsp3) is 0.273. The highest BCUT2D eigenvalue weighted by Crippen LogP contribution is 2.59. The second-order valence-corrected chi connectivity index (χ2v) is 12.8. The lowest BCUT2D eigenvalue weighted by molar-refractivity contribution is 0.552. The van der Waals surface area contributed by atoms with Crippen LogP contribution in [0.2, 0.25) is 0 Å². The van der Waals surface area contributed by atoms with E-state index >= 15 is 0 Å². The average Bonchev–Trinajstić information content (AvgIpc) is 3.09. The Morgan fingerprint density at radius 1 is 0.486 bits per heavy atom. The standard InChI is InChI=1S/C33H34S2/c1-31(2,3)29-19-21(34)15-17-27(29)33(28-18-16-22(35)20-30(28)32(4,5)6)25-13-9-7-11-23(25)24-12-8-10-14-26(24)33/h7-20,34-35H,1-6H3. The lowest BCUT2D eigenvalue weighted by Gasteiger charge is -2.41. The maximum absolute atomic E-state index is 4.77. The summed E-state index contributed by atoms with van der Waals surface area (Å²) >= 11 is 9.54. The molecule has 0 atom stereocenters. The number of benzene rings is 4. The molecule has 4 aromatic carbocycles. The van der Waals surface area contributed by atoms with Crippen LogP contribution in [0.25, 0.3) is 11.1 Å². The molecule has 1 aliphatic rings. The van der Waals surface area contributed by atoms with Crippen LogP contribution >= 0.6 is 25.3 Å². The van der Waals surface area contributed by atoms with Crippen molar-refractivity contribution in [1.82, 2.24) is 0 Å². The molecule has 178 valence electrons. The Morgan fingerprint density at radius 2 is 0.857 bits per heavy atom. The minimum atomic E-state index is -0.443. The lowest BCUT2D eigenvalue weighted by Crippen LogP contribution is -2.35. The van der Waals surface area contributed by atoms with Gasteiger partial charge in [0.2, 0.25) is 0 Å². The molecule has 0 heterocycles. The van der Waals surface area contributed by atoms with E-state index in [0.29, 0.717) is 0 Å². The molecular weight excluding hydrogens is 460 g/mol. The van der Waals surface area contributed by atoms with Crippen LogP contribution < -0.4 is 0 Å². The zero-order valence-electron chi connectivity index (χ0n) is 21.5. The SMILES string of the molecule is CC(C)(C)c1cc(S)ccc1C1(c2ccc(S)cc2C(C)(C)C)c2ccccc2-c2ccccc21. The summed E-state index contributed by atoms with van der Waals surface area (Å²) < 4.78 is 0. The van der Waals surface area contributed by atoms with Crippen molar-refractivity contribution in [1.29, 1.82) is 0 Å². The van der Waals surface area contributed by atoms with Crippen molar-refractivity contribution in [3.8, 4) is 11.1 Å². The molecule has 0 unspecified atom stereocenters. The van der Waals surface area contributed by atoms with Crippen molar-refractivity contribution in [2.24, 2.45) is 0 Å². The number of fused-ring (bicyclic) bond motifs is 3. The van der Waals surface area contributed by atoms with Gasteiger partial charge in [0.15, 0.2) is 0 Å². The zero-order valence-corrected chi connectivity index (χ0v) is 23.3. The van der Waals surface area contributed by atoms with Gasteiger partial charge in [-0.3, -0.25) is 0 Å². The minimum absolute atomic E-state index is 0.0566. The van der Waals surface area contributed by atoms with Crippen LogP contribution in [0.5, 0.6) is 0 Å². The van der Waals surface area contributed by atoms with Gasteiger partial charge in [-0.25, -0.2) is 0 Å². The van der Waals surface area contributed by atoms with Gasteiger partial charge < -0.3 is 0 Å². The molecule has 0 nitrogen and oxygen atoms in total. The van der Waals surface area contributed by atoms with Gasteiger partial charge in [-0.1, -0.05) is 102 Å². The Kier molecular flexibility index (Phi) is 5.77. The number of rotatable bonds is 2. The maximum Gasteiger partial charge on any atom is 0.0719 e. The first-order valence-corrected chi connectivity index (χ1v) is 13.2. The summed E-state index contributed by atoms with van der Waals surface area (Å²) in [7, 11) is 0. The highest BCUT2D eigenvalue weighted by atomic mass is 32.1. The molecule has 0 aliphatic heterocycles. The summed E-state index contributed by atoms with van der Waals surface area (Å²) in [4.78, 5) is 1.99. The van der Waals surface area contributed by atoms with Crippen LogP contribution in [0.1, 0.15) is 74.9 Å². The summed E-state index contributed by atoms with van der Waals surface area (Å²) in [6.45, 7) is 13.8. The Hall–Kier alpha value is -2.42. The monoisotopic (exact) mass is 494 g/mol. The second kappa shape index (κ2) is 8.32. The van der Waals surface area contributed by atoms with Gasteiger partial charge in [0.25, 0.3) is 0 Å². The first kappa shape index (κ1) is 24.3. The van der Waals surface area contributed by atoms with E-state index in [9.17, 15) is 0 Å². The number of hydrogen-bond acceptors (Lipinski definition) is 2. The molecule has 2 heteroatoms. The van der Waals surface area contributed by atoms with Crippen molar-refractivity contribution >= 4 is 25.3 Å². The third-order valence-electron chi connectivity index (χ3n) is 7.38. The Bertz CT molecular complexity index is 1320. The Balaban J connectivity index is 2.06. The molecule has 0 aromatic heterocycles. The maximum atomic E-state index is 4.77. The molecule has 1 aliphatic carbocycles. The third-order valence-corrected chi connectivity index (χ3v) is 7.94. The summed E-state index contributed by atoms with van der Waals surface area (Å²) in [6, 6.07) is 31.4. The second-order valence-electron chi connectivity index (χ2n) is 11.8. The van der Waals surface area contributed by atoms with Gasteiger partial charge in [-0.15, -0.1) is 25.3 Å². The topological polar surface area (TPSA) is 0 Å². The quantitative estimate of drug-likeness (QED) is 0.224. The van der Waals surface area contributed by atoms with E-state index in [1.807, 2.05) is 0 Å². The van der Waals surface area contributed by atoms with Gasteiger partial charge in [0, 0.05) is 9.79 Å². The van der Waals surface area contributed by atoms with Gasteiger partial charge in [0.05, 0.1) is 5.41 Å². The number of thiol groups is 2. The van der Waals surface area contributed by atoms with Crippen molar-refractivity contribution in [2.75, 3.05) is 0 Å². The van der Waals surface area contributed by atoms with Crippen LogP contribution in [0.3, 0.4) is 0 Å². The summed E-state index contributed by atoms with van der Waals surface area (Å²) in [5.74, 6) is 0. The van der Waals surface area contributed by atoms with Crippen LogP contribution in [0.15, 0.2) is 94.7 Å². The molecule has 0 amide bonds. The van der Waals surface area contributed by atoms with E-state index in [1.165, 1.54) is 44.5 Å². The highest BCUT2D eigenvalue weighted by molar-refractivity contribution is 7.80. The Labute approximate surface area is 221 Å². The molecule has 0 saturated carbocycles. The molecule has 0 saturated heterocycles. The fourth-order valence-electron chi connectivity index (χ4n) is 5.92. The van der Waals surface area contributed by atoms with E-state index in [0.717, 1.165) is 9.79 Å². The average molecular weight is 495 g/mol. The van der Waals surface area contributed by atoms with E-state index in [1.54, 1.807) is 0 Å². The predicted octanol–water partition coefficient (Wildman–Crippen LogP) is 9.22. The van der Waals surface area contributed by atoms with Gasteiger partial charge in [-0.2, -0.15) is 0 Å². The molecule has 35 heavy (non-hydrogen) atoms. The van der Waals surface area contributed by atoms with Crippen molar-refractivity contribution in [3.05, 3.63) is 118 Å². The van der Waals surface area contributed by atoms with Gasteiger partial charge in [-0.05, 0) is 79.6 Å². The highest BCUT2D eigenvalue weighted by Gasteiger charge is 2.49. The summed E-state index contributed by atoms with van der Waals surface area (Å²) in [5.41, 5.74) is 10.1.